The number of anilines is 1. The number of carbonyl (C=O) groups is 1. The van der Waals surface area contributed by atoms with Gasteiger partial charge in [0.05, 0.1) is 21.0 Å². The van der Waals surface area contributed by atoms with Crippen molar-refractivity contribution in [3.8, 4) is 11.4 Å². The zero-order valence-electron chi connectivity index (χ0n) is 17.0. The lowest BCUT2D eigenvalue weighted by molar-refractivity contribution is 0.0697. The van der Waals surface area contributed by atoms with Gasteiger partial charge in [0.1, 0.15) is 10.6 Å². The summed E-state index contributed by atoms with van der Waals surface area (Å²) in [6.07, 6.45) is 4.48. The Balaban J connectivity index is 1.57. The Morgan fingerprint density at radius 3 is 2.56 bits per heavy atom. The number of carboxylic acid groups (broad SMARTS) is 1. The molecule has 5 nitrogen and oxygen atoms in total. The molecule has 162 valence electrons. The van der Waals surface area contributed by atoms with Crippen LogP contribution in [0.15, 0.2) is 42.5 Å². The third kappa shape index (κ3) is 4.06. The van der Waals surface area contributed by atoms with Crippen LogP contribution in [0.5, 0.6) is 0 Å². The summed E-state index contributed by atoms with van der Waals surface area (Å²) in [7, 11) is 0. The summed E-state index contributed by atoms with van der Waals surface area (Å²) in [5.74, 6) is 0.408. The molecule has 2 aromatic heterocycles. The van der Waals surface area contributed by atoms with Crippen molar-refractivity contribution in [1.29, 1.82) is 0 Å². The number of nitrogens with one attached hydrogen (secondary N) is 1. The van der Waals surface area contributed by atoms with Crippen molar-refractivity contribution < 1.29 is 9.90 Å². The van der Waals surface area contributed by atoms with E-state index in [2.05, 4.69) is 5.32 Å². The van der Waals surface area contributed by atoms with E-state index < -0.39 is 5.97 Å². The lowest BCUT2D eigenvalue weighted by atomic mass is 9.97. The molecule has 2 N–H and O–H groups in total. The second-order valence-corrected chi connectivity index (χ2v) is 9.67. The van der Waals surface area contributed by atoms with Crippen LogP contribution in [0.2, 0.25) is 10.0 Å². The van der Waals surface area contributed by atoms with Gasteiger partial charge in [-0.2, -0.15) is 0 Å². The largest absolute Gasteiger partial charge is 0.478 e. The predicted octanol–water partition coefficient (Wildman–Crippen LogP) is 6.85. The van der Waals surface area contributed by atoms with Crippen LogP contribution in [0.1, 0.15) is 39.2 Å². The Morgan fingerprint density at radius 1 is 1.03 bits per heavy atom. The SMILES string of the molecule is O=C(O)c1ccc(-c2nc(NCc3ccc(Cl)c(Cl)c3)c3c4c(sc3n2)CCCC4)cc1. The van der Waals surface area contributed by atoms with Gasteiger partial charge in [-0.3, -0.25) is 0 Å². The van der Waals surface area contributed by atoms with E-state index in [4.69, 9.17) is 33.2 Å². The van der Waals surface area contributed by atoms with Gasteiger partial charge in [-0.1, -0.05) is 41.4 Å². The number of halogens is 2. The molecule has 0 radical (unpaired) electrons. The first-order valence-electron chi connectivity index (χ1n) is 10.3. The maximum absolute atomic E-state index is 11.2. The second kappa shape index (κ2) is 8.70. The van der Waals surface area contributed by atoms with Crippen molar-refractivity contribution in [1.82, 2.24) is 9.97 Å². The zero-order valence-corrected chi connectivity index (χ0v) is 19.3. The Morgan fingerprint density at radius 2 is 1.81 bits per heavy atom. The van der Waals surface area contributed by atoms with Crippen LogP contribution in [0.3, 0.4) is 0 Å². The molecular weight excluding hydrogens is 465 g/mol. The van der Waals surface area contributed by atoms with Gasteiger partial charge in [0.15, 0.2) is 5.82 Å². The van der Waals surface area contributed by atoms with E-state index >= 15 is 0 Å². The first-order chi connectivity index (χ1) is 15.5. The van der Waals surface area contributed by atoms with E-state index in [1.165, 1.54) is 23.3 Å². The number of aromatic carboxylic acids is 1. The van der Waals surface area contributed by atoms with E-state index in [1.54, 1.807) is 41.7 Å². The molecule has 5 rings (SSSR count). The van der Waals surface area contributed by atoms with E-state index in [0.717, 1.165) is 40.0 Å². The molecule has 1 aliphatic carbocycles. The van der Waals surface area contributed by atoms with Crippen molar-refractivity contribution in [2.24, 2.45) is 0 Å². The maximum atomic E-state index is 11.2. The molecular formula is C24H19Cl2N3O2S. The van der Waals surface area contributed by atoms with Crippen molar-refractivity contribution in [2.75, 3.05) is 5.32 Å². The lowest BCUT2D eigenvalue weighted by Crippen LogP contribution is -2.06. The molecule has 0 bridgehead atoms. The minimum absolute atomic E-state index is 0.236. The van der Waals surface area contributed by atoms with Crippen molar-refractivity contribution in [2.45, 2.75) is 32.2 Å². The number of hydrogen-bond acceptors (Lipinski definition) is 5. The van der Waals surface area contributed by atoms with Gasteiger partial charge in [-0.15, -0.1) is 11.3 Å². The first-order valence-corrected chi connectivity index (χ1v) is 11.9. The van der Waals surface area contributed by atoms with Gasteiger partial charge in [-0.25, -0.2) is 14.8 Å². The minimum Gasteiger partial charge on any atom is -0.478 e. The van der Waals surface area contributed by atoms with Gasteiger partial charge in [0.2, 0.25) is 0 Å². The quantitative estimate of drug-likeness (QED) is 0.324. The summed E-state index contributed by atoms with van der Waals surface area (Å²) in [5, 5.41) is 14.8. The highest BCUT2D eigenvalue weighted by atomic mass is 35.5. The van der Waals surface area contributed by atoms with Crippen LogP contribution in [0.25, 0.3) is 21.6 Å². The van der Waals surface area contributed by atoms with Gasteiger partial charge in [0, 0.05) is 17.0 Å². The predicted molar refractivity (Wildman–Crippen MR) is 130 cm³/mol. The lowest BCUT2D eigenvalue weighted by Gasteiger charge is -2.14. The fraction of sp³-hybridized carbons (Fsp3) is 0.208. The molecule has 0 saturated heterocycles. The summed E-state index contributed by atoms with van der Waals surface area (Å²) in [5.41, 5.74) is 3.36. The van der Waals surface area contributed by atoms with Crippen LogP contribution in [-0.2, 0) is 19.4 Å². The topological polar surface area (TPSA) is 75.1 Å². The highest BCUT2D eigenvalue weighted by Gasteiger charge is 2.21. The van der Waals surface area contributed by atoms with E-state index in [0.29, 0.717) is 22.4 Å². The van der Waals surface area contributed by atoms with E-state index in [1.807, 2.05) is 12.1 Å². The van der Waals surface area contributed by atoms with E-state index in [-0.39, 0.29) is 5.56 Å². The number of fused-ring (bicyclic) bond motifs is 3. The fourth-order valence-corrected chi connectivity index (χ4v) is 5.59. The smallest absolute Gasteiger partial charge is 0.335 e. The number of nitrogens with zero attached hydrogens (tertiary/aromatic N) is 2. The Kier molecular flexibility index (Phi) is 5.76. The number of carboxylic acids is 1. The normalized spacial score (nSPS) is 13.2. The number of rotatable bonds is 5. The second-order valence-electron chi connectivity index (χ2n) is 7.77. The van der Waals surface area contributed by atoms with Crippen LogP contribution in [0.4, 0.5) is 5.82 Å². The van der Waals surface area contributed by atoms with E-state index in [9.17, 15) is 9.90 Å². The summed E-state index contributed by atoms with van der Waals surface area (Å²) >= 11 is 14.0. The summed E-state index contributed by atoms with van der Waals surface area (Å²) in [4.78, 5) is 23.2. The van der Waals surface area contributed by atoms with Crippen LogP contribution >= 0.6 is 34.5 Å². The van der Waals surface area contributed by atoms with Crippen LogP contribution in [-0.4, -0.2) is 21.0 Å². The summed E-state index contributed by atoms with van der Waals surface area (Å²) in [6, 6.07) is 12.2. The number of hydrogen-bond donors (Lipinski definition) is 2. The van der Waals surface area contributed by atoms with Gasteiger partial charge < -0.3 is 10.4 Å². The summed E-state index contributed by atoms with van der Waals surface area (Å²) in [6.45, 7) is 0.547. The molecule has 2 aromatic carbocycles. The third-order valence-corrected chi connectivity index (χ3v) is 7.57. The van der Waals surface area contributed by atoms with Gasteiger partial charge in [-0.05, 0) is 61.1 Å². The highest BCUT2D eigenvalue weighted by molar-refractivity contribution is 7.19. The molecule has 32 heavy (non-hydrogen) atoms. The van der Waals surface area contributed by atoms with Crippen molar-refractivity contribution in [3.05, 3.63) is 74.1 Å². The average Bonchev–Trinajstić information content (AvgIpc) is 3.18. The number of aromatic nitrogens is 2. The fourth-order valence-electron chi connectivity index (χ4n) is 4.01. The Labute approximate surface area is 199 Å². The Hall–Kier alpha value is -2.67. The van der Waals surface area contributed by atoms with Crippen molar-refractivity contribution >= 4 is 56.5 Å². The highest BCUT2D eigenvalue weighted by Crippen LogP contribution is 2.40. The Bertz CT molecular complexity index is 1340. The molecule has 0 spiro atoms. The monoisotopic (exact) mass is 483 g/mol. The number of benzene rings is 2. The maximum Gasteiger partial charge on any atom is 0.335 e. The summed E-state index contributed by atoms with van der Waals surface area (Å²) < 4.78 is 0. The van der Waals surface area contributed by atoms with Gasteiger partial charge >= 0.3 is 5.97 Å². The molecule has 1 aliphatic rings. The molecule has 0 saturated carbocycles. The average molecular weight is 484 g/mol. The molecule has 0 aliphatic heterocycles. The van der Waals surface area contributed by atoms with Crippen LogP contribution < -0.4 is 5.32 Å². The third-order valence-electron chi connectivity index (χ3n) is 5.65. The molecule has 2 heterocycles. The molecule has 8 heteroatoms. The molecule has 0 atom stereocenters. The minimum atomic E-state index is -0.956. The van der Waals surface area contributed by atoms with Gasteiger partial charge in [0.25, 0.3) is 0 Å². The number of aryl methyl sites for hydroxylation is 2. The number of thiophene rings is 1. The molecule has 0 unspecified atom stereocenters. The van der Waals surface area contributed by atoms with Crippen LogP contribution in [0, 0.1) is 0 Å². The molecule has 0 fully saturated rings. The van der Waals surface area contributed by atoms with Crippen molar-refractivity contribution in [3.63, 3.8) is 0 Å². The zero-order chi connectivity index (χ0) is 22.2. The molecule has 0 amide bonds. The first kappa shape index (κ1) is 21.2. The molecule has 4 aromatic rings. The standard InChI is InChI=1S/C24H19Cl2N3O2S/c25-17-10-5-13(11-18(17)26)12-27-22-20-16-3-1-2-4-19(16)32-23(20)29-21(28-22)14-6-8-15(9-7-14)24(30)31/h5-11H,1-4,12H2,(H,30,31)(H,27,28,29).